The first kappa shape index (κ1) is 22.8. The first-order valence-electron chi connectivity index (χ1n) is 9.77. The Morgan fingerprint density at radius 3 is 2.61 bits per heavy atom. The molecular weight excluding hydrogens is 483 g/mol. The third-order valence-electron chi connectivity index (χ3n) is 4.65. The van der Waals surface area contributed by atoms with Crippen LogP contribution in [0.15, 0.2) is 46.8 Å². The molecule has 0 amide bonds. The number of hydrogen-bond acceptors (Lipinski definition) is 4. The molecule has 1 aliphatic heterocycles. The highest BCUT2D eigenvalue weighted by Gasteiger charge is 2.20. The van der Waals surface area contributed by atoms with E-state index in [1.165, 1.54) is 10.6 Å². The van der Waals surface area contributed by atoms with Gasteiger partial charge in [-0.15, -0.1) is 35.3 Å². The van der Waals surface area contributed by atoms with Gasteiger partial charge in [0.15, 0.2) is 5.96 Å². The second-order valence-corrected chi connectivity index (χ2v) is 7.71. The molecule has 0 aliphatic carbocycles. The molecule has 1 aliphatic rings. The van der Waals surface area contributed by atoms with Gasteiger partial charge in [0.1, 0.15) is 12.4 Å². The van der Waals surface area contributed by atoms with E-state index >= 15 is 0 Å². The van der Waals surface area contributed by atoms with Crippen LogP contribution in [0.4, 0.5) is 5.00 Å². The summed E-state index contributed by atoms with van der Waals surface area (Å²) >= 11 is 1.82. The Hall–Kier alpha value is -1.48. The number of aliphatic imine (C=N–C) groups is 1. The summed E-state index contributed by atoms with van der Waals surface area (Å²) in [5, 5.41) is 10.5. The normalized spacial score (nSPS) is 15.1. The molecule has 5 nitrogen and oxygen atoms in total. The van der Waals surface area contributed by atoms with Crippen LogP contribution < -0.4 is 20.3 Å². The van der Waals surface area contributed by atoms with Gasteiger partial charge in [-0.25, -0.2) is 4.99 Å². The van der Waals surface area contributed by atoms with Crippen molar-refractivity contribution in [3.8, 4) is 5.75 Å². The van der Waals surface area contributed by atoms with Crippen LogP contribution >= 0.6 is 35.3 Å². The molecule has 0 saturated carbocycles. The molecule has 2 heterocycles. The number of nitrogens with zero attached hydrogens (tertiary/aromatic N) is 2. The zero-order valence-corrected chi connectivity index (χ0v) is 19.8. The van der Waals surface area contributed by atoms with Crippen LogP contribution in [-0.4, -0.2) is 44.8 Å². The summed E-state index contributed by atoms with van der Waals surface area (Å²) in [6.07, 6.45) is 2.25. The van der Waals surface area contributed by atoms with E-state index in [0.717, 1.165) is 44.2 Å². The van der Waals surface area contributed by atoms with Gasteiger partial charge in [0.05, 0.1) is 11.5 Å². The highest BCUT2D eigenvalue weighted by atomic mass is 127. The van der Waals surface area contributed by atoms with Crippen LogP contribution in [0, 0.1) is 6.92 Å². The Kier molecular flexibility index (Phi) is 9.91. The third-order valence-corrected chi connectivity index (χ3v) is 5.58. The van der Waals surface area contributed by atoms with Crippen molar-refractivity contribution < 1.29 is 4.74 Å². The maximum Gasteiger partial charge on any atom is 0.191 e. The number of benzene rings is 1. The van der Waals surface area contributed by atoms with Gasteiger partial charge in [-0.3, -0.25) is 0 Å². The smallest absolute Gasteiger partial charge is 0.191 e. The maximum absolute atomic E-state index is 5.77. The van der Waals surface area contributed by atoms with Crippen molar-refractivity contribution >= 4 is 46.3 Å². The first-order valence-corrected chi connectivity index (χ1v) is 10.7. The summed E-state index contributed by atoms with van der Waals surface area (Å²) in [5.41, 5.74) is 1.24. The van der Waals surface area contributed by atoms with Crippen LogP contribution in [0.3, 0.4) is 0 Å². The fourth-order valence-electron chi connectivity index (χ4n) is 3.16. The van der Waals surface area contributed by atoms with Crippen LogP contribution in [0.1, 0.15) is 25.3 Å². The third kappa shape index (κ3) is 7.16. The molecule has 0 atom stereocenters. The van der Waals surface area contributed by atoms with Gasteiger partial charge in [0.2, 0.25) is 0 Å². The van der Waals surface area contributed by atoms with Crippen molar-refractivity contribution in [1.29, 1.82) is 0 Å². The molecule has 2 N–H and O–H groups in total. The lowest BCUT2D eigenvalue weighted by molar-refractivity contribution is 0.328. The number of halogens is 1. The highest BCUT2D eigenvalue weighted by molar-refractivity contribution is 14.0. The van der Waals surface area contributed by atoms with Crippen LogP contribution in [0.25, 0.3) is 0 Å². The fraction of sp³-hybridized carbons (Fsp3) is 0.476. The molecule has 0 spiro atoms. The minimum atomic E-state index is 0. The lowest BCUT2D eigenvalue weighted by Crippen LogP contribution is -2.48. The number of ether oxygens (including phenoxy) is 1. The Labute approximate surface area is 189 Å². The number of anilines is 1. The van der Waals surface area contributed by atoms with E-state index in [1.54, 1.807) is 0 Å². The van der Waals surface area contributed by atoms with Gasteiger partial charge < -0.3 is 20.3 Å². The highest BCUT2D eigenvalue weighted by Crippen LogP contribution is 2.24. The van der Waals surface area contributed by atoms with E-state index in [2.05, 4.69) is 64.0 Å². The zero-order chi connectivity index (χ0) is 18.9. The number of aryl methyl sites for hydroxylation is 1. The van der Waals surface area contributed by atoms with Gasteiger partial charge in [-0.2, -0.15) is 0 Å². The molecule has 0 unspecified atom stereocenters. The summed E-state index contributed by atoms with van der Waals surface area (Å²) in [4.78, 5) is 7.14. The first-order chi connectivity index (χ1) is 13.2. The lowest BCUT2D eigenvalue weighted by Gasteiger charge is -2.33. The van der Waals surface area contributed by atoms with Crippen molar-refractivity contribution in [2.45, 2.75) is 32.7 Å². The molecule has 28 heavy (non-hydrogen) atoms. The minimum absolute atomic E-state index is 0. The monoisotopic (exact) mass is 514 g/mol. The Morgan fingerprint density at radius 2 is 1.96 bits per heavy atom. The van der Waals surface area contributed by atoms with Gasteiger partial charge in [-0.1, -0.05) is 17.7 Å². The van der Waals surface area contributed by atoms with Crippen molar-refractivity contribution in [2.24, 2.45) is 4.99 Å². The number of hydrogen-bond donors (Lipinski definition) is 2. The molecule has 0 bridgehead atoms. The van der Waals surface area contributed by atoms with Gasteiger partial charge in [0, 0.05) is 25.7 Å². The number of thiophene rings is 1. The quantitative estimate of drug-likeness (QED) is 0.251. The molecule has 0 radical (unpaired) electrons. The maximum atomic E-state index is 5.77. The molecule has 3 rings (SSSR count). The van der Waals surface area contributed by atoms with E-state index < -0.39 is 0 Å². The standard InChI is InChI=1S/C21H30N4OS.HI/c1-3-22-21(23-12-15-26-19-8-6-17(2)7-9-19)24-18-10-13-25(14-11-18)20-5-4-16-27-20;/h4-9,16,18H,3,10-15H2,1-2H3,(H2,22,23,24);1H. The second-order valence-electron chi connectivity index (χ2n) is 6.78. The van der Waals surface area contributed by atoms with Crippen molar-refractivity contribution in [3.05, 3.63) is 47.3 Å². The average molecular weight is 514 g/mol. The van der Waals surface area contributed by atoms with E-state index in [9.17, 15) is 0 Å². The predicted molar refractivity (Wildman–Crippen MR) is 131 cm³/mol. The van der Waals surface area contributed by atoms with Crippen molar-refractivity contribution in [2.75, 3.05) is 37.7 Å². The minimum Gasteiger partial charge on any atom is -0.492 e. The molecule has 7 heteroatoms. The van der Waals surface area contributed by atoms with E-state index in [4.69, 9.17) is 4.74 Å². The molecule has 1 aromatic carbocycles. The van der Waals surface area contributed by atoms with Crippen LogP contribution in [-0.2, 0) is 0 Å². The molecule has 1 fully saturated rings. The molecular formula is C21H31IN4OS. The van der Waals surface area contributed by atoms with E-state index in [0.29, 0.717) is 19.2 Å². The van der Waals surface area contributed by atoms with E-state index in [-0.39, 0.29) is 24.0 Å². The number of piperidine rings is 1. The molecule has 154 valence electrons. The topological polar surface area (TPSA) is 48.9 Å². The molecule has 1 aromatic heterocycles. The number of guanidine groups is 1. The summed E-state index contributed by atoms with van der Waals surface area (Å²) in [6.45, 7) is 8.43. The fourth-order valence-corrected chi connectivity index (χ4v) is 3.95. The van der Waals surface area contributed by atoms with Crippen LogP contribution in [0.5, 0.6) is 5.75 Å². The predicted octanol–water partition coefficient (Wildman–Crippen LogP) is 4.28. The van der Waals surface area contributed by atoms with Crippen LogP contribution in [0.2, 0.25) is 0 Å². The Morgan fingerprint density at radius 1 is 1.21 bits per heavy atom. The number of rotatable bonds is 7. The summed E-state index contributed by atoms with van der Waals surface area (Å²) in [7, 11) is 0. The Bertz CT molecular complexity index is 698. The zero-order valence-electron chi connectivity index (χ0n) is 16.7. The Balaban J connectivity index is 0.00000280. The van der Waals surface area contributed by atoms with Gasteiger partial charge >= 0.3 is 0 Å². The SMILES string of the molecule is CCNC(=NCCOc1ccc(C)cc1)NC1CCN(c2cccs2)CC1.I. The summed E-state index contributed by atoms with van der Waals surface area (Å²) < 4.78 is 5.77. The average Bonchev–Trinajstić information content (AvgIpc) is 3.22. The largest absolute Gasteiger partial charge is 0.492 e. The molecule has 1 saturated heterocycles. The molecule has 2 aromatic rings. The lowest BCUT2D eigenvalue weighted by atomic mass is 10.1. The summed E-state index contributed by atoms with van der Waals surface area (Å²) in [6, 6.07) is 12.9. The second kappa shape index (κ2) is 12.2. The summed E-state index contributed by atoms with van der Waals surface area (Å²) in [5.74, 6) is 1.79. The van der Waals surface area contributed by atoms with Gasteiger partial charge in [0.25, 0.3) is 0 Å². The van der Waals surface area contributed by atoms with Crippen molar-refractivity contribution in [1.82, 2.24) is 10.6 Å². The number of nitrogens with one attached hydrogen (secondary N) is 2. The van der Waals surface area contributed by atoms with Crippen molar-refractivity contribution in [3.63, 3.8) is 0 Å². The van der Waals surface area contributed by atoms with Gasteiger partial charge in [-0.05, 0) is 56.3 Å². The van der Waals surface area contributed by atoms with E-state index in [1.807, 2.05) is 23.5 Å².